The van der Waals surface area contributed by atoms with Gasteiger partial charge in [0.15, 0.2) is 0 Å². The third kappa shape index (κ3) is 3.94. The van der Waals surface area contributed by atoms with E-state index in [1.807, 2.05) is 61.5 Å². The predicted octanol–water partition coefficient (Wildman–Crippen LogP) is 3.30. The van der Waals surface area contributed by atoms with Gasteiger partial charge in [-0.15, -0.1) is 0 Å². The molecule has 0 radical (unpaired) electrons. The summed E-state index contributed by atoms with van der Waals surface area (Å²) in [5.41, 5.74) is 1.18. The molecule has 1 saturated heterocycles. The maximum Gasteiger partial charge on any atom is 0.224 e. The van der Waals surface area contributed by atoms with Crippen LogP contribution in [0.5, 0.6) is 5.88 Å². The lowest BCUT2D eigenvalue weighted by molar-refractivity contribution is 0.0456. The zero-order valence-electron chi connectivity index (χ0n) is 15.6. The van der Waals surface area contributed by atoms with Crippen LogP contribution in [0.15, 0.2) is 54.6 Å². The summed E-state index contributed by atoms with van der Waals surface area (Å²) in [5.74, 6) is 1.37. The summed E-state index contributed by atoms with van der Waals surface area (Å²) in [5, 5.41) is 11.9. The van der Waals surface area contributed by atoms with E-state index in [2.05, 4.69) is 14.9 Å². The maximum atomic E-state index is 10.9. The summed E-state index contributed by atoms with van der Waals surface area (Å²) in [6, 6.07) is 17.9. The van der Waals surface area contributed by atoms with Gasteiger partial charge in [-0.3, -0.25) is 4.90 Å². The minimum absolute atomic E-state index is 0.598. The molecule has 1 fully saturated rings. The smallest absolute Gasteiger partial charge is 0.224 e. The first-order valence-corrected chi connectivity index (χ1v) is 9.50. The number of para-hydroxylation sites is 1. The van der Waals surface area contributed by atoms with Crippen LogP contribution >= 0.6 is 0 Å². The summed E-state index contributed by atoms with van der Waals surface area (Å²) in [6.07, 6.45) is 1.66. The molecule has 140 valence electrons. The van der Waals surface area contributed by atoms with Crippen LogP contribution in [-0.4, -0.2) is 46.2 Å². The van der Waals surface area contributed by atoms with E-state index in [4.69, 9.17) is 4.74 Å². The Morgan fingerprint density at radius 1 is 1.07 bits per heavy atom. The molecule has 5 heteroatoms. The van der Waals surface area contributed by atoms with Crippen LogP contribution in [0, 0.1) is 6.92 Å². The first-order valence-electron chi connectivity index (χ1n) is 9.50. The van der Waals surface area contributed by atoms with E-state index in [0.29, 0.717) is 19.0 Å². The van der Waals surface area contributed by atoms with Crippen molar-refractivity contribution in [2.24, 2.45) is 0 Å². The number of benzene rings is 2. The second-order valence-electron chi connectivity index (χ2n) is 7.22. The fraction of sp³-hybridized carbons (Fsp3) is 0.364. The molecule has 4 rings (SSSR count). The molecule has 1 N–H and O–H groups in total. The topological polar surface area (TPSA) is 58.5 Å². The molecule has 2 heterocycles. The Morgan fingerprint density at radius 3 is 2.70 bits per heavy atom. The number of hydrogen-bond acceptors (Lipinski definition) is 5. The van der Waals surface area contributed by atoms with Crippen molar-refractivity contribution in [3.63, 3.8) is 0 Å². The maximum absolute atomic E-state index is 10.9. The van der Waals surface area contributed by atoms with E-state index in [1.165, 1.54) is 0 Å². The number of likely N-dealkylation sites (tertiary alicyclic amines) is 1. The minimum Gasteiger partial charge on any atom is -0.477 e. The number of aryl methyl sites for hydroxylation is 1. The van der Waals surface area contributed by atoms with E-state index >= 15 is 0 Å². The van der Waals surface area contributed by atoms with E-state index in [1.54, 1.807) is 0 Å². The molecule has 0 spiro atoms. The second-order valence-corrected chi connectivity index (χ2v) is 7.22. The lowest BCUT2D eigenvalue weighted by Crippen LogP contribution is -2.31. The van der Waals surface area contributed by atoms with Gasteiger partial charge in [0.25, 0.3) is 0 Å². The van der Waals surface area contributed by atoms with E-state index < -0.39 is 5.60 Å². The number of ether oxygens (including phenoxy) is 1. The first-order chi connectivity index (χ1) is 13.1. The molecule has 1 unspecified atom stereocenters. The number of nitrogens with zero attached hydrogens (tertiary/aromatic N) is 3. The van der Waals surface area contributed by atoms with Crippen LogP contribution in [0.3, 0.4) is 0 Å². The van der Waals surface area contributed by atoms with Gasteiger partial charge in [-0.25, -0.2) is 4.98 Å². The largest absolute Gasteiger partial charge is 0.477 e. The van der Waals surface area contributed by atoms with Crippen LogP contribution < -0.4 is 4.74 Å². The molecular formula is C22H25N3O2. The second kappa shape index (κ2) is 7.62. The Balaban J connectivity index is 1.32. The van der Waals surface area contributed by atoms with Gasteiger partial charge < -0.3 is 9.84 Å². The molecule has 1 aliphatic rings. The predicted molar refractivity (Wildman–Crippen MR) is 106 cm³/mol. The molecule has 3 aromatic rings. The molecule has 2 aromatic carbocycles. The van der Waals surface area contributed by atoms with Gasteiger partial charge in [0.05, 0.1) is 17.5 Å². The van der Waals surface area contributed by atoms with E-state index in [9.17, 15) is 5.11 Å². The summed E-state index contributed by atoms with van der Waals surface area (Å²) in [4.78, 5) is 11.2. The molecule has 0 amide bonds. The van der Waals surface area contributed by atoms with E-state index in [0.717, 1.165) is 48.2 Å². The van der Waals surface area contributed by atoms with Crippen LogP contribution in [-0.2, 0) is 5.60 Å². The molecule has 0 bridgehead atoms. The summed E-state index contributed by atoms with van der Waals surface area (Å²) in [7, 11) is 0. The Labute approximate surface area is 159 Å². The average molecular weight is 363 g/mol. The van der Waals surface area contributed by atoms with Gasteiger partial charge in [0.1, 0.15) is 11.4 Å². The number of hydrogen-bond donors (Lipinski definition) is 1. The van der Waals surface area contributed by atoms with Crippen molar-refractivity contribution in [2.45, 2.75) is 25.4 Å². The Kier molecular flexibility index (Phi) is 5.05. The Bertz CT molecular complexity index is 916. The summed E-state index contributed by atoms with van der Waals surface area (Å²) >= 11 is 0. The average Bonchev–Trinajstić information content (AvgIpc) is 3.08. The molecule has 0 aliphatic carbocycles. The number of fused-ring (bicyclic) bond motifs is 1. The highest BCUT2D eigenvalue weighted by Crippen LogP contribution is 2.31. The Hall–Kier alpha value is -2.50. The molecule has 27 heavy (non-hydrogen) atoms. The fourth-order valence-corrected chi connectivity index (χ4v) is 3.77. The lowest BCUT2D eigenvalue weighted by Gasteiger charge is -2.24. The molecule has 1 atom stereocenters. The number of aliphatic hydroxyl groups is 1. The van der Waals surface area contributed by atoms with Gasteiger partial charge in [0, 0.05) is 19.6 Å². The third-order valence-electron chi connectivity index (χ3n) is 5.18. The molecular weight excluding hydrogens is 338 g/mol. The highest BCUT2D eigenvalue weighted by molar-refractivity contribution is 5.83. The molecule has 0 saturated carbocycles. The SMILES string of the molecule is Cc1nc(OCCCN2CCC(O)(c3ccccc3)C2)c2ccccc2n1. The molecule has 1 aromatic heterocycles. The van der Waals surface area contributed by atoms with Gasteiger partial charge in [-0.1, -0.05) is 42.5 Å². The minimum atomic E-state index is -0.734. The van der Waals surface area contributed by atoms with Crippen molar-refractivity contribution in [1.82, 2.24) is 14.9 Å². The van der Waals surface area contributed by atoms with Crippen molar-refractivity contribution in [3.05, 3.63) is 66.0 Å². The summed E-state index contributed by atoms with van der Waals surface area (Å²) < 4.78 is 5.96. The van der Waals surface area contributed by atoms with E-state index in [-0.39, 0.29) is 0 Å². The molecule has 1 aliphatic heterocycles. The number of β-amino-alcohol motifs (C(OH)–C–C–N with tert-alkyl or cyclic N) is 1. The van der Waals surface area contributed by atoms with Crippen molar-refractivity contribution < 1.29 is 9.84 Å². The van der Waals surface area contributed by atoms with Gasteiger partial charge in [-0.05, 0) is 37.5 Å². The number of aromatic nitrogens is 2. The standard InChI is InChI=1S/C22H25N3O2/c1-17-23-20-11-6-5-10-19(20)21(24-17)27-15-7-13-25-14-12-22(26,16-25)18-8-3-2-4-9-18/h2-6,8-11,26H,7,12-16H2,1H3. The fourth-order valence-electron chi connectivity index (χ4n) is 3.77. The van der Waals surface area contributed by atoms with Crippen molar-refractivity contribution in [3.8, 4) is 5.88 Å². The van der Waals surface area contributed by atoms with Gasteiger partial charge >= 0.3 is 0 Å². The highest BCUT2D eigenvalue weighted by Gasteiger charge is 2.37. The Morgan fingerprint density at radius 2 is 1.85 bits per heavy atom. The monoisotopic (exact) mass is 363 g/mol. The number of rotatable bonds is 6. The van der Waals surface area contributed by atoms with Gasteiger partial charge in [-0.2, -0.15) is 4.98 Å². The van der Waals surface area contributed by atoms with Crippen LogP contribution in [0.4, 0.5) is 0 Å². The summed E-state index contributed by atoms with van der Waals surface area (Å²) in [6.45, 7) is 4.96. The van der Waals surface area contributed by atoms with Crippen LogP contribution in [0.25, 0.3) is 10.9 Å². The van der Waals surface area contributed by atoms with Gasteiger partial charge in [0.2, 0.25) is 5.88 Å². The van der Waals surface area contributed by atoms with Crippen molar-refractivity contribution >= 4 is 10.9 Å². The molecule has 5 nitrogen and oxygen atoms in total. The van der Waals surface area contributed by atoms with Crippen molar-refractivity contribution in [2.75, 3.05) is 26.2 Å². The van der Waals surface area contributed by atoms with Crippen LogP contribution in [0.2, 0.25) is 0 Å². The zero-order chi connectivity index (χ0) is 18.7. The quantitative estimate of drug-likeness (QED) is 0.681. The van der Waals surface area contributed by atoms with Crippen LogP contribution in [0.1, 0.15) is 24.2 Å². The lowest BCUT2D eigenvalue weighted by atomic mass is 9.93. The third-order valence-corrected chi connectivity index (χ3v) is 5.18. The van der Waals surface area contributed by atoms with Crippen molar-refractivity contribution in [1.29, 1.82) is 0 Å². The first kappa shape index (κ1) is 17.9. The highest BCUT2D eigenvalue weighted by atomic mass is 16.5. The zero-order valence-corrected chi connectivity index (χ0v) is 15.6. The normalized spacial score (nSPS) is 20.2.